The second-order valence-electron chi connectivity index (χ2n) is 7.82. The Bertz CT molecular complexity index is 1080. The molecule has 3 N–H and O–H groups in total. The fourth-order valence-electron chi connectivity index (χ4n) is 3.37. The number of amides is 3. The van der Waals surface area contributed by atoms with Crippen LogP contribution in [0.15, 0.2) is 72.8 Å². The van der Waals surface area contributed by atoms with E-state index in [2.05, 4.69) is 16.0 Å². The van der Waals surface area contributed by atoms with Gasteiger partial charge in [-0.1, -0.05) is 44.2 Å². The molecule has 3 aromatic carbocycles. The Balaban J connectivity index is 1.75. The molecule has 0 aliphatic rings. The highest BCUT2D eigenvalue weighted by molar-refractivity contribution is 5.99. The van der Waals surface area contributed by atoms with Gasteiger partial charge in [-0.2, -0.15) is 0 Å². The van der Waals surface area contributed by atoms with Crippen molar-refractivity contribution in [3.05, 3.63) is 72.8 Å². The third-order valence-electron chi connectivity index (χ3n) is 5.14. The molecule has 172 valence electrons. The largest absolute Gasteiger partial charge is 0.497 e. The summed E-state index contributed by atoms with van der Waals surface area (Å²) in [4.78, 5) is 25.5. The fourth-order valence-corrected chi connectivity index (χ4v) is 3.37. The lowest BCUT2D eigenvalue weighted by molar-refractivity contribution is -0.118. The molecule has 0 saturated carbocycles. The highest BCUT2D eigenvalue weighted by Crippen LogP contribution is 2.33. The number of hydrogen-bond donors (Lipinski definition) is 3. The summed E-state index contributed by atoms with van der Waals surface area (Å²) in [5, 5.41) is 8.42. The van der Waals surface area contributed by atoms with Crippen molar-refractivity contribution in [1.29, 1.82) is 0 Å². The number of ether oxygens (including phenoxy) is 2. The van der Waals surface area contributed by atoms with Crippen LogP contribution in [0.1, 0.15) is 13.8 Å². The van der Waals surface area contributed by atoms with E-state index < -0.39 is 12.1 Å². The number of benzene rings is 3. The molecule has 0 saturated heterocycles. The predicted octanol–water partition coefficient (Wildman–Crippen LogP) is 5.16. The van der Waals surface area contributed by atoms with Crippen LogP contribution in [0.3, 0.4) is 0 Å². The van der Waals surface area contributed by atoms with E-state index in [1.165, 1.54) is 0 Å². The molecule has 0 aromatic heterocycles. The Hall–Kier alpha value is -4.00. The Labute approximate surface area is 194 Å². The van der Waals surface area contributed by atoms with E-state index in [-0.39, 0.29) is 11.8 Å². The van der Waals surface area contributed by atoms with Gasteiger partial charge in [-0.05, 0) is 53.9 Å². The lowest BCUT2D eigenvalue weighted by atomic mass is 10.0. The number of methoxy groups -OCH3 is 2. The standard InChI is InChI=1S/C26H29N3O4/c1-17(2)24(29-26(31)28-19-8-6-5-7-9-19)25(30)27-20-12-15-23(33-4)22(16-20)18-10-13-21(32-3)14-11-18/h5-17,24H,1-4H3,(H,27,30)(H2,28,29,31)/t24-/m1/s1. The summed E-state index contributed by atoms with van der Waals surface area (Å²) in [6.45, 7) is 3.76. The van der Waals surface area contributed by atoms with Gasteiger partial charge in [-0.3, -0.25) is 4.79 Å². The first-order valence-electron chi connectivity index (χ1n) is 10.7. The van der Waals surface area contributed by atoms with Gasteiger partial charge >= 0.3 is 6.03 Å². The lowest BCUT2D eigenvalue weighted by Crippen LogP contribution is -2.48. The quantitative estimate of drug-likeness (QED) is 0.445. The summed E-state index contributed by atoms with van der Waals surface area (Å²) in [5.41, 5.74) is 3.00. The van der Waals surface area contributed by atoms with Crippen LogP contribution >= 0.6 is 0 Å². The molecule has 0 fully saturated rings. The van der Waals surface area contributed by atoms with Crippen LogP contribution in [0.5, 0.6) is 11.5 Å². The predicted molar refractivity (Wildman–Crippen MR) is 131 cm³/mol. The number of carbonyl (C=O) groups is 2. The Morgan fingerprint density at radius 1 is 0.788 bits per heavy atom. The van der Waals surface area contributed by atoms with Crippen molar-refractivity contribution < 1.29 is 19.1 Å². The van der Waals surface area contributed by atoms with Crippen LogP contribution in [-0.2, 0) is 4.79 Å². The minimum atomic E-state index is -0.722. The monoisotopic (exact) mass is 447 g/mol. The maximum Gasteiger partial charge on any atom is 0.319 e. The molecule has 33 heavy (non-hydrogen) atoms. The average Bonchev–Trinajstić information content (AvgIpc) is 2.83. The zero-order valence-electron chi connectivity index (χ0n) is 19.2. The van der Waals surface area contributed by atoms with Crippen LogP contribution in [0.4, 0.5) is 16.2 Å². The summed E-state index contributed by atoms with van der Waals surface area (Å²) in [6, 6.07) is 20.9. The normalized spacial score (nSPS) is 11.4. The summed E-state index contributed by atoms with van der Waals surface area (Å²) in [6.07, 6.45) is 0. The highest BCUT2D eigenvalue weighted by Gasteiger charge is 2.24. The van der Waals surface area contributed by atoms with Crippen LogP contribution in [0.25, 0.3) is 11.1 Å². The van der Waals surface area contributed by atoms with E-state index in [0.29, 0.717) is 17.1 Å². The second kappa shape index (κ2) is 11.0. The van der Waals surface area contributed by atoms with Gasteiger partial charge in [-0.25, -0.2) is 4.79 Å². The molecule has 7 nitrogen and oxygen atoms in total. The SMILES string of the molecule is COc1ccc(-c2cc(NC(=O)[C@H](NC(=O)Nc3ccccc3)C(C)C)ccc2OC)cc1. The van der Waals surface area contributed by atoms with Gasteiger partial charge in [0.2, 0.25) is 5.91 Å². The van der Waals surface area contributed by atoms with Crippen molar-refractivity contribution in [2.24, 2.45) is 5.92 Å². The first-order valence-corrected chi connectivity index (χ1v) is 10.7. The van der Waals surface area contributed by atoms with Crippen molar-refractivity contribution in [2.45, 2.75) is 19.9 Å². The number of para-hydroxylation sites is 1. The van der Waals surface area contributed by atoms with Crippen LogP contribution in [-0.4, -0.2) is 32.2 Å². The number of anilines is 2. The molecule has 1 atom stereocenters. The summed E-state index contributed by atoms with van der Waals surface area (Å²) >= 11 is 0. The third-order valence-corrected chi connectivity index (χ3v) is 5.14. The van der Waals surface area contributed by atoms with E-state index in [1.54, 1.807) is 38.5 Å². The van der Waals surface area contributed by atoms with E-state index in [9.17, 15) is 9.59 Å². The van der Waals surface area contributed by atoms with Gasteiger partial charge in [0, 0.05) is 16.9 Å². The van der Waals surface area contributed by atoms with Crippen LogP contribution < -0.4 is 25.4 Å². The van der Waals surface area contributed by atoms with E-state index >= 15 is 0 Å². The number of hydrogen-bond acceptors (Lipinski definition) is 4. The molecule has 0 spiro atoms. The number of urea groups is 1. The Morgan fingerprint density at radius 3 is 2.09 bits per heavy atom. The third kappa shape index (κ3) is 6.26. The van der Waals surface area contributed by atoms with Gasteiger partial charge in [0.25, 0.3) is 0 Å². The zero-order valence-corrected chi connectivity index (χ0v) is 19.2. The number of rotatable bonds is 8. The van der Waals surface area contributed by atoms with E-state index in [0.717, 1.165) is 16.9 Å². The van der Waals surface area contributed by atoms with Crippen LogP contribution in [0, 0.1) is 5.92 Å². The zero-order chi connectivity index (χ0) is 23.8. The Morgan fingerprint density at radius 2 is 1.48 bits per heavy atom. The second-order valence-corrected chi connectivity index (χ2v) is 7.82. The molecule has 3 aromatic rings. The molecule has 0 heterocycles. The number of carbonyl (C=O) groups excluding carboxylic acids is 2. The number of nitrogens with one attached hydrogen (secondary N) is 3. The van der Waals surface area contributed by atoms with Gasteiger partial charge in [-0.15, -0.1) is 0 Å². The molecular weight excluding hydrogens is 418 g/mol. The lowest BCUT2D eigenvalue weighted by Gasteiger charge is -2.22. The van der Waals surface area contributed by atoms with Crippen molar-refractivity contribution >= 4 is 23.3 Å². The first-order chi connectivity index (χ1) is 15.9. The van der Waals surface area contributed by atoms with Gasteiger partial charge in [0.05, 0.1) is 14.2 Å². The molecule has 0 bridgehead atoms. The van der Waals surface area contributed by atoms with Crippen molar-refractivity contribution in [3.63, 3.8) is 0 Å². The molecule has 0 unspecified atom stereocenters. The molecule has 0 aliphatic heterocycles. The molecular formula is C26H29N3O4. The summed E-state index contributed by atoms with van der Waals surface area (Å²) in [5.74, 6) is 1.01. The highest BCUT2D eigenvalue weighted by atomic mass is 16.5. The molecule has 7 heteroatoms. The van der Waals surface area contributed by atoms with Gasteiger partial charge in [0.15, 0.2) is 0 Å². The molecule has 0 aliphatic carbocycles. The van der Waals surface area contributed by atoms with Crippen molar-refractivity contribution in [3.8, 4) is 22.6 Å². The van der Waals surface area contributed by atoms with E-state index in [1.807, 2.05) is 62.4 Å². The van der Waals surface area contributed by atoms with E-state index in [4.69, 9.17) is 9.47 Å². The van der Waals surface area contributed by atoms with Gasteiger partial charge in [0.1, 0.15) is 17.5 Å². The van der Waals surface area contributed by atoms with Crippen LogP contribution in [0.2, 0.25) is 0 Å². The van der Waals surface area contributed by atoms with Gasteiger partial charge < -0.3 is 25.4 Å². The maximum absolute atomic E-state index is 13.0. The molecule has 3 amide bonds. The van der Waals surface area contributed by atoms with Crippen molar-refractivity contribution in [1.82, 2.24) is 5.32 Å². The van der Waals surface area contributed by atoms with Crippen molar-refractivity contribution in [2.75, 3.05) is 24.9 Å². The summed E-state index contributed by atoms with van der Waals surface area (Å²) < 4.78 is 10.7. The topological polar surface area (TPSA) is 88.7 Å². The minimum absolute atomic E-state index is 0.120. The smallest absolute Gasteiger partial charge is 0.319 e. The molecule has 0 radical (unpaired) electrons. The first kappa shape index (κ1) is 23.7. The summed E-state index contributed by atoms with van der Waals surface area (Å²) in [7, 11) is 3.22. The minimum Gasteiger partial charge on any atom is -0.497 e. The average molecular weight is 448 g/mol. The molecule has 3 rings (SSSR count). The maximum atomic E-state index is 13.0. The fraction of sp³-hybridized carbons (Fsp3) is 0.231. The Kier molecular flexibility index (Phi) is 7.91.